The molecule has 0 aromatic heterocycles. The van der Waals surface area contributed by atoms with Gasteiger partial charge in [0.1, 0.15) is 0 Å². The highest BCUT2D eigenvalue weighted by Gasteiger charge is 2.33. The summed E-state index contributed by atoms with van der Waals surface area (Å²) < 4.78 is 0. The lowest BCUT2D eigenvalue weighted by Crippen LogP contribution is -2.27. The molecule has 0 amide bonds. The molecule has 2 heteroatoms. The number of benzene rings is 2. The average molecular weight is 394 g/mol. The molecule has 0 unspecified atom stereocenters. The molecule has 0 spiro atoms. The highest BCUT2D eigenvalue weighted by molar-refractivity contribution is 7.67. The van der Waals surface area contributed by atoms with E-state index in [2.05, 4.69) is 67.5 Å². The molecule has 0 saturated heterocycles. The Morgan fingerprint density at radius 1 is 0.714 bits per heavy atom. The molecule has 4 rings (SSSR count). The Kier molecular flexibility index (Phi) is 6.73. The van der Waals surface area contributed by atoms with Gasteiger partial charge >= 0.3 is 0 Å². The summed E-state index contributed by atoms with van der Waals surface area (Å²) in [5.74, 6) is 0. The Morgan fingerprint density at radius 2 is 1.29 bits per heavy atom. The first-order valence-electron chi connectivity index (χ1n) is 11.4. The lowest BCUT2D eigenvalue weighted by molar-refractivity contribution is 0.487. The van der Waals surface area contributed by atoms with Gasteiger partial charge in [-0.25, -0.2) is 0 Å². The molecule has 0 radical (unpaired) electrons. The van der Waals surface area contributed by atoms with Crippen molar-refractivity contribution in [3.63, 3.8) is 0 Å². The number of anilines is 1. The van der Waals surface area contributed by atoms with Gasteiger partial charge in [0.2, 0.25) is 0 Å². The molecule has 2 aromatic carbocycles. The lowest BCUT2D eigenvalue weighted by atomic mass is 9.99. The molecular formula is C26H36NP. The van der Waals surface area contributed by atoms with Crippen LogP contribution in [-0.2, 0) is 0 Å². The van der Waals surface area contributed by atoms with Gasteiger partial charge in [-0.15, -0.1) is 0 Å². The van der Waals surface area contributed by atoms with Gasteiger partial charge in [-0.1, -0.05) is 82.8 Å². The molecule has 1 nitrogen and oxygen atoms in total. The molecule has 28 heavy (non-hydrogen) atoms. The molecule has 2 aliphatic carbocycles. The Hall–Kier alpha value is -1.33. The van der Waals surface area contributed by atoms with Crippen LogP contribution in [0.5, 0.6) is 0 Å². The van der Waals surface area contributed by atoms with E-state index in [9.17, 15) is 0 Å². The number of rotatable bonds is 5. The predicted octanol–water partition coefficient (Wildman–Crippen LogP) is 7.19. The van der Waals surface area contributed by atoms with Crippen molar-refractivity contribution in [1.29, 1.82) is 0 Å². The zero-order valence-electron chi connectivity index (χ0n) is 17.7. The van der Waals surface area contributed by atoms with Crippen LogP contribution in [0.3, 0.4) is 0 Å². The predicted molar refractivity (Wildman–Crippen MR) is 127 cm³/mol. The zero-order valence-corrected chi connectivity index (χ0v) is 18.6. The van der Waals surface area contributed by atoms with Gasteiger partial charge in [-0.2, -0.15) is 0 Å². The van der Waals surface area contributed by atoms with Gasteiger partial charge in [0.05, 0.1) is 0 Å². The first-order chi connectivity index (χ1) is 13.7. The van der Waals surface area contributed by atoms with E-state index in [1.54, 1.807) is 5.30 Å². The first-order valence-corrected chi connectivity index (χ1v) is 12.9. The quantitative estimate of drug-likeness (QED) is 0.486. The van der Waals surface area contributed by atoms with E-state index in [1.165, 1.54) is 81.0 Å². The van der Waals surface area contributed by atoms with Crippen molar-refractivity contribution in [3.05, 3.63) is 48.5 Å². The number of hydrogen-bond acceptors (Lipinski definition) is 1. The Morgan fingerprint density at radius 3 is 1.82 bits per heavy atom. The minimum atomic E-state index is -0.104. The third-order valence-electron chi connectivity index (χ3n) is 6.80. The van der Waals surface area contributed by atoms with Crippen LogP contribution < -0.4 is 10.2 Å². The van der Waals surface area contributed by atoms with Gasteiger partial charge in [-0.05, 0) is 65.6 Å². The fourth-order valence-electron chi connectivity index (χ4n) is 5.28. The summed E-state index contributed by atoms with van der Waals surface area (Å²) >= 11 is 0. The van der Waals surface area contributed by atoms with Gasteiger partial charge < -0.3 is 4.90 Å². The van der Waals surface area contributed by atoms with Crippen molar-refractivity contribution in [2.24, 2.45) is 0 Å². The second kappa shape index (κ2) is 9.45. The average Bonchev–Trinajstić information content (AvgIpc) is 2.76. The Bertz CT molecular complexity index is 724. The second-order valence-corrected chi connectivity index (χ2v) is 11.7. The minimum absolute atomic E-state index is 0.104. The van der Waals surface area contributed by atoms with E-state index in [0.717, 1.165) is 11.3 Å². The van der Waals surface area contributed by atoms with Crippen molar-refractivity contribution in [2.75, 3.05) is 19.0 Å². The molecule has 2 fully saturated rings. The van der Waals surface area contributed by atoms with Gasteiger partial charge in [0.15, 0.2) is 0 Å². The standard InChI is InChI=1S/C26H36NP/c1-27(2)22-18-19-25(21-12-6-3-7-13-21)26(20-22)28(23-14-8-4-9-15-23)24-16-10-5-11-17-24/h3,6-7,12-13,18-20,23-24H,4-5,8-11,14-17H2,1-2H3. The molecular weight excluding hydrogens is 357 g/mol. The van der Waals surface area contributed by atoms with Crippen LogP contribution in [0.15, 0.2) is 48.5 Å². The third-order valence-corrected chi connectivity index (χ3v) is 10.3. The van der Waals surface area contributed by atoms with Crippen molar-refractivity contribution < 1.29 is 0 Å². The second-order valence-electron chi connectivity index (χ2n) is 8.95. The van der Waals surface area contributed by atoms with Crippen molar-refractivity contribution in [2.45, 2.75) is 75.5 Å². The summed E-state index contributed by atoms with van der Waals surface area (Å²) in [6.07, 6.45) is 14.5. The molecule has 2 aromatic rings. The molecule has 2 aliphatic rings. The fourth-order valence-corrected chi connectivity index (χ4v) is 9.27. The largest absolute Gasteiger partial charge is 0.378 e. The molecule has 0 aliphatic heterocycles. The Labute approximate surface area is 173 Å². The molecule has 0 N–H and O–H groups in total. The summed E-state index contributed by atoms with van der Waals surface area (Å²) in [6, 6.07) is 18.5. The lowest BCUT2D eigenvalue weighted by Gasteiger charge is -2.40. The monoisotopic (exact) mass is 393 g/mol. The summed E-state index contributed by atoms with van der Waals surface area (Å²) in [7, 11) is 4.27. The van der Waals surface area contributed by atoms with E-state index in [0.29, 0.717) is 0 Å². The Balaban J connectivity index is 1.81. The third kappa shape index (κ3) is 4.46. The highest BCUT2D eigenvalue weighted by Crippen LogP contribution is 2.56. The topological polar surface area (TPSA) is 3.24 Å². The molecule has 150 valence electrons. The minimum Gasteiger partial charge on any atom is -0.378 e. The van der Waals surface area contributed by atoms with Crippen LogP contribution in [0.2, 0.25) is 0 Å². The summed E-state index contributed by atoms with van der Waals surface area (Å²) in [5.41, 5.74) is 6.16. The van der Waals surface area contributed by atoms with E-state index in [4.69, 9.17) is 0 Å². The van der Waals surface area contributed by atoms with Crippen LogP contribution in [0, 0.1) is 0 Å². The maximum Gasteiger partial charge on any atom is 0.0367 e. The summed E-state index contributed by atoms with van der Waals surface area (Å²) in [5, 5.41) is 1.70. The van der Waals surface area contributed by atoms with Gasteiger partial charge in [0, 0.05) is 19.8 Å². The smallest absolute Gasteiger partial charge is 0.0367 e. The van der Waals surface area contributed by atoms with Crippen molar-refractivity contribution in [1.82, 2.24) is 0 Å². The SMILES string of the molecule is CN(C)c1ccc(-c2ccccc2)c(P(C2CCCCC2)C2CCCCC2)c1. The van der Waals surface area contributed by atoms with E-state index < -0.39 is 0 Å². The zero-order chi connectivity index (χ0) is 19.3. The van der Waals surface area contributed by atoms with Crippen LogP contribution in [0.25, 0.3) is 11.1 Å². The van der Waals surface area contributed by atoms with E-state index >= 15 is 0 Å². The molecule has 0 heterocycles. The first kappa shape index (κ1) is 20.0. The van der Waals surface area contributed by atoms with Gasteiger partial charge in [-0.3, -0.25) is 0 Å². The maximum atomic E-state index is 2.57. The van der Waals surface area contributed by atoms with E-state index in [-0.39, 0.29) is 7.92 Å². The normalized spacial score (nSPS) is 19.1. The van der Waals surface area contributed by atoms with Crippen molar-refractivity contribution in [3.8, 4) is 11.1 Å². The van der Waals surface area contributed by atoms with Crippen LogP contribution in [0.4, 0.5) is 5.69 Å². The molecule has 2 saturated carbocycles. The summed E-state index contributed by atoms with van der Waals surface area (Å²) in [6.45, 7) is 0. The van der Waals surface area contributed by atoms with Crippen LogP contribution in [0.1, 0.15) is 64.2 Å². The van der Waals surface area contributed by atoms with Crippen molar-refractivity contribution >= 4 is 18.9 Å². The summed E-state index contributed by atoms with van der Waals surface area (Å²) in [4.78, 5) is 2.29. The number of nitrogens with zero attached hydrogens (tertiary/aromatic N) is 1. The van der Waals surface area contributed by atoms with E-state index in [1.807, 2.05) is 0 Å². The molecule has 0 atom stereocenters. The molecule has 0 bridgehead atoms. The fraction of sp³-hybridized carbons (Fsp3) is 0.538. The number of hydrogen-bond donors (Lipinski definition) is 0. The highest BCUT2D eigenvalue weighted by atomic mass is 31.1. The van der Waals surface area contributed by atoms with Gasteiger partial charge in [0.25, 0.3) is 0 Å². The van der Waals surface area contributed by atoms with Crippen LogP contribution in [-0.4, -0.2) is 25.4 Å². The maximum absolute atomic E-state index is 2.57. The van der Waals surface area contributed by atoms with Crippen LogP contribution >= 0.6 is 7.92 Å².